The van der Waals surface area contributed by atoms with Crippen LogP contribution in [0.25, 0.3) is 0 Å². The standard InChI is InChI=1S/C17H16N2O/c1-13-7-8-14-9-10-19(12-16(14)11-13)18-17(20)15-5-3-2-4-6-15/h2-8,11-12H,9-10H2,1H3/p+1. The van der Waals surface area contributed by atoms with E-state index in [0.29, 0.717) is 5.56 Å². The van der Waals surface area contributed by atoms with Gasteiger partial charge in [-0.25, -0.2) is 0 Å². The zero-order valence-electron chi connectivity index (χ0n) is 11.5. The van der Waals surface area contributed by atoms with Gasteiger partial charge in [0.2, 0.25) is 6.21 Å². The highest BCUT2D eigenvalue weighted by molar-refractivity contribution is 5.93. The molecule has 0 radical (unpaired) electrons. The van der Waals surface area contributed by atoms with Crippen molar-refractivity contribution < 1.29 is 9.48 Å². The highest BCUT2D eigenvalue weighted by atomic mass is 16.2. The first-order chi connectivity index (χ1) is 9.72. The first-order valence-corrected chi connectivity index (χ1v) is 6.79. The maximum absolute atomic E-state index is 12.1. The fourth-order valence-corrected chi connectivity index (χ4v) is 2.41. The largest absolute Gasteiger partial charge is 0.304 e. The monoisotopic (exact) mass is 265 g/mol. The molecule has 2 aromatic rings. The Bertz CT molecular complexity index is 675. The van der Waals surface area contributed by atoms with Crippen LogP contribution in [0.5, 0.6) is 0 Å². The second-order valence-corrected chi connectivity index (χ2v) is 5.08. The van der Waals surface area contributed by atoms with Crippen molar-refractivity contribution in [3.63, 3.8) is 0 Å². The highest BCUT2D eigenvalue weighted by Crippen LogP contribution is 2.13. The third kappa shape index (κ3) is 2.62. The van der Waals surface area contributed by atoms with Gasteiger partial charge in [0.15, 0.2) is 6.54 Å². The van der Waals surface area contributed by atoms with Crippen molar-refractivity contribution in [1.29, 1.82) is 0 Å². The van der Waals surface area contributed by atoms with E-state index in [1.165, 1.54) is 16.7 Å². The summed E-state index contributed by atoms with van der Waals surface area (Å²) in [6, 6.07) is 15.7. The lowest BCUT2D eigenvalue weighted by Crippen LogP contribution is -2.38. The average Bonchev–Trinajstić information content (AvgIpc) is 2.47. The maximum atomic E-state index is 12.1. The number of carbonyl (C=O) groups excluding carboxylic acids is 1. The second kappa shape index (κ2) is 5.29. The summed E-state index contributed by atoms with van der Waals surface area (Å²) >= 11 is 0. The van der Waals surface area contributed by atoms with E-state index in [0.717, 1.165) is 13.0 Å². The lowest BCUT2D eigenvalue weighted by molar-refractivity contribution is -0.568. The Kier molecular flexibility index (Phi) is 3.33. The van der Waals surface area contributed by atoms with Crippen molar-refractivity contribution in [2.75, 3.05) is 6.54 Å². The number of hydrazone groups is 1. The predicted octanol–water partition coefficient (Wildman–Crippen LogP) is 2.33. The minimum absolute atomic E-state index is 0.0713. The number of aryl methyl sites for hydroxylation is 1. The van der Waals surface area contributed by atoms with E-state index in [1.807, 2.05) is 41.2 Å². The number of hydrazine groups is 1. The van der Waals surface area contributed by atoms with Crippen molar-refractivity contribution in [2.45, 2.75) is 13.3 Å². The quantitative estimate of drug-likeness (QED) is 0.830. The van der Waals surface area contributed by atoms with Crippen LogP contribution in [0.15, 0.2) is 48.5 Å². The van der Waals surface area contributed by atoms with E-state index in [2.05, 4.69) is 30.5 Å². The van der Waals surface area contributed by atoms with Gasteiger partial charge in [-0.3, -0.25) is 4.79 Å². The van der Waals surface area contributed by atoms with Gasteiger partial charge in [-0.1, -0.05) is 35.9 Å². The molecule has 1 aliphatic heterocycles. The van der Waals surface area contributed by atoms with Crippen LogP contribution in [0.3, 0.4) is 0 Å². The molecular formula is C17H17N2O+. The molecule has 0 aromatic heterocycles. The van der Waals surface area contributed by atoms with Crippen LogP contribution >= 0.6 is 0 Å². The number of hydrogen-bond donors (Lipinski definition) is 1. The Hall–Kier alpha value is -2.42. The van der Waals surface area contributed by atoms with Crippen molar-refractivity contribution in [2.24, 2.45) is 0 Å². The summed E-state index contributed by atoms with van der Waals surface area (Å²) in [7, 11) is 0. The summed E-state index contributed by atoms with van der Waals surface area (Å²) < 4.78 is 1.87. The molecule has 3 rings (SSSR count). The van der Waals surface area contributed by atoms with E-state index in [4.69, 9.17) is 0 Å². The van der Waals surface area contributed by atoms with Gasteiger partial charge < -0.3 is 0 Å². The lowest BCUT2D eigenvalue weighted by atomic mass is 10.0. The summed E-state index contributed by atoms with van der Waals surface area (Å²) in [5.41, 5.74) is 7.36. The predicted molar refractivity (Wildman–Crippen MR) is 79.1 cm³/mol. The normalized spacial score (nSPS) is 13.3. The molecule has 3 heteroatoms. The van der Waals surface area contributed by atoms with Gasteiger partial charge in [0.05, 0.1) is 0 Å². The topological polar surface area (TPSA) is 32.1 Å². The second-order valence-electron chi connectivity index (χ2n) is 5.08. The van der Waals surface area contributed by atoms with Crippen molar-refractivity contribution in [3.05, 3.63) is 70.8 Å². The van der Waals surface area contributed by atoms with E-state index in [-0.39, 0.29) is 5.91 Å². The van der Waals surface area contributed by atoms with Gasteiger partial charge in [0.1, 0.15) is 0 Å². The molecule has 0 saturated heterocycles. The number of fused-ring (bicyclic) bond motifs is 1. The Labute approximate surface area is 118 Å². The molecule has 0 fully saturated rings. The summed E-state index contributed by atoms with van der Waals surface area (Å²) in [6.07, 6.45) is 2.95. The van der Waals surface area contributed by atoms with E-state index in [1.54, 1.807) is 0 Å². The van der Waals surface area contributed by atoms with Gasteiger partial charge >= 0.3 is 5.91 Å². The highest BCUT2D eigenvalue weighted by Gasteiger charge is 2.18. The average molecular weight is 265 g/mol. The Morgan fingerprint density at radius 2 is 1.95 bits per heavy atom. The smallest absolute Gasteiger partial charge is 0.264 e. The Morgan fingerprint density at radius 3 is 2.75 bits per heavy atom. The molecule has 100 valence electrons. The fourth-order valence-electron chi connectivity index (χ4n) is 2.41. The molecule has 0 bridgehead atoms. The van der Waals surface area contributed by atoms with Crippen LogP contribution in [-0.2, 0) is 6.42 Å². The number of nitrogens with one attached hydrogen (secondary N) is 1. The molecule has 0 unspecified atom stereocenters. The number of nitrogens with zero attached hydrogens (tertiary/aromatic N) is 1. The zero-order valence-corrected chi connectivity index (χ0v) is 11.5. The molecule has 1 amide bonds. The summed E-state index contributed by atoms with van der Waals surface area (Å²) in [6.45, 7) is 2.88. The van der Waals surface area contributed by atoms with Gasteiger partial charge in [-0.2, -0.15) is 0 Å². The molecule has 1 aliphatic rings. The van der Waals surface area contributed by atoms with E-state index in [9.17, 15) is 4.79 Å². The van der Waals surface area contributed by atoms with Crippen LogP contribution < -0.4 is 5.43 Å². The summed E-state index contributed by atoms with van der Waals surface area (Å²) in [4.78, 5) is 12.1. The van der Waals surface area contributed by atoms with Crippen LogP contribution in [-0.4, -0.2) is 23.4 Å². The molecule has 2 aromatic carbocycles. The third-order valence-electron chi connectivity index (χ3n) is 3.50. The van der Waals surface area contributed by atoms with Gasteiger partial charge in [-0.05, 0) is 30.7 Å². The third-order valence-corrected chi connectivity index (χ3v) is 3.50. The van der Waals surface area contributed by atoms with Crippen LogP contribution in [0.2, 0.25) is 0 Å². The van der Waals surface area contributed by atoms with Crippen molar-refractivity contribution >= 4 is 12.1 Å². The first-order valence-electron chi connectivity index (χ1n) is 6.79. The van der Waals surface area contributed by atoms with Crippen LogP contribution in [0, 0.1) is 6.92 Å². The fraction of sp³-hybridized carbons (Fsp3) is 0.176. The molecule has 1 N–H and O–H groups in total. The van der Waals surface area contributed by atoms with Crippen LogP contribution in [0.4, 0.5) is 0 Å². The summed E-state index contributed by atoms with van der Waals surface area (Å²) in [5.74, 6) is -0.0713. The molecular weight excluding hydrogens is 248 g/mol. The molecule has 3 nitrogen and oxygen atoms in total. The minimum atomic E-state index is -0.0713. The van der Waals surface area contributed by atoms with Gasteiger partial charge in [0.25, 0.3) is 0 Å². The number of amides is 1. The minimum Gasteiger partial charge on any atom is -0.264 e. The number of hydrogen-bond acceptors (Lipinski definition) is 1. The van der Waals surface area contributed by atoms with Crippen LogP contribution in [0.1, 0.15) is 27.0 Å². The number of carbonyl (C=O) groups is 1. The van der Waals surface area contributed by atoms with Crippen molar-refractivity contribution in [3.8, 4) is 0 Å². The Morgan fingerprint density at radius 1 is 1.15 bits per heavy atom. The maximum Gasteiger partial charge on any atom is 0.304 e. The number of benzene rings is 2. The molecule has 0 spiro atoms. The Balaban J connectivity index is 1.81. The molecule has 0 atom stereocenters. The molecule has 20 heavy (non-hydrogen) atoms. The van der Waals surface area contributed by atoms with Gasteiger partial charge in [0, 0.05) is 17.5 Å². The van der Waals surface area contributed by atoms with Gasteiger partial charge in [-0.15, -0.1) is 10.1 Å². The lowest BCUT2D eigenvalue weighted by Gasteiger charge is -2.12. The molecule has 1 heterocycles. The molecule has 0 aliphatic carbocycles. The first kappa shape index (κ1) is 12.6. The SMILES string of the molecule is Cc1ccc2c(c1)C=[N+](NC(=O)c1ccccc1)CC2. The van der Waals surface area contributed by atoms with E-state index >= 15 is 0 Å². The summed E-state index contributed by atoms with van der Waals surface area (Å²) in [5, 5.41) is 0. The molecule has 0 saturated carbocycles. The number of rotatable bonds is 2. The van der Waals surface area contributed by atoms with Crippen molar-refractivity contribution in [1.82, 2.24) is 5.43 Å². The van der Waals surface area contributed by atoms with E-state index < -0.39 is 0 Å². The zero-order chi connectivity index (χ0) is 13.9.